The monoisotopic (exact) mass is 221 g/mol. The summed E-state index contributed by atoms with van der Waals surface area (Å²) in [4.78, 5) is 0. The molecule has 0 N–H and O–H groups in total. The van der Waals surface area contributed by atoms with Crippen molar-refractivity contribution < 1.29 is 12.7 Å². The molecule has 0 unspecified atom stereocenters. The molecule has 1 aliphatic rings. The third kappa shape index (κ3) is 4.39. The van der Waals surface area contributed by atoms with Gasteiger partial charge in [-0.3, -0.25) is 0 Å². The van der Waals surface area contributed by atoms with Crippen molar-refractivity contribution in [2.45, 2.75) is 39.0 Å². The molecule has 1 heterocycles. The van der Waals surface area contributed by atoms with E-state index < -0.39 is 10.1 Å². The first kappa shape index (κ1) is 11.9. The molecule has 0 aromatic carbocycles. The number of nitrogens with zero attached hydrogens (tertiary/aromatic N) is 1. The second-order valence-electron chi connectivity index (χ2n) is 3.68. The van der Waals surface area contributed by atoms with Gasteiger partial charge in [0.05, 0.1) is 5.75 Å². The highest BCUT2D eigenvalue weighted by Gasteiger charge is 2.18. The number of hydroxylamine groups is 2. The smallest absolute Gasteiger partial charge is 0.198 e. The van der Waals surface area contributed by atoms with E-state index in [1.54, 1.807) is 5.06 Å². The SMILES string of the molecule is CCCCS(=O)(=O)ON1CCCCC1. The van der Waals surface area contributed by atoms with Crippen LogP contribution in [0.5, 0.6) is 0 Å². The van der Waals surface area contributed by atoms with Gasteiger partial charge in [-0.15, -0.1) is 0 Å². The van der Waals surface area contributed by atoms with Crippen molar-refractivity contribution in [2.24, 2.45) is 0 Å². The molecule has 0 saturated carbocycles. The van der Waals surface area contributed by atoms with Crippen LogP contribution in [0.4, 0.5) is 0 Å². The summed E-state index contributed by atoms with van der Waals surface area (Å²) in [7, 11) is -3.32. The second-order valence-corrected chi connectivity index (χ2v) is 5.35. The van der Waals surface area contributed by atoms with Crippen LogP contribution in [0.3, 0.4) is 0 Å². The summed E-state index contributed by atoms with van der Waals surface area (Å²) in [5, 5.41) is 1.58. The lowest BCUT2D eigenvalue weighted by Gasteiger charge is -2.24. The Morgan fingerprint density at radius 1 is 1.21 bits per heavy atom. The number of unbranched alkanes of at least 4 members (excludes halogenated alkanes) is 1. The summed E-state index contributed by atoms with van der Waals surface area (Å²) in [5.41, 5.74) is 0. The van der Waals surface area contributed by atoms with Crippen molar-refractivity contribution in [2.75, 3.05) is 18.8 Å². The normalized spacial score (nSPS) is 19.8. The highest BCUT2D eigenvalue weighted by atomic mass is 32.2. The molecule has 0 amide bonds. The molecule has 1 aliphatic heterocycles. The van der Waals surface area contributed by atoms with Crippen LogP contribution < -0.4 is 0 Å². The molecule has 0 radical (unpaired) electrons. The zero-order valence-electron chi connectivity index (χ0n) is 8.74. The van der Waals surface area contributed by atoms with Gasteiger partial charge in [-0.05, 0) is 19.3 Å². The lowest BCUT2D eigenvalue weighted by molar-refractivity contribution is -0.0653. The molecular formula is C9H19NO3S. The van der Waals surface area contributed by atoms with Crippen LogP contribution >= 0.6 is 0 Å². The number of rotatable bonds is 5. The van der Waals surface area contributed by atoms with Gasteiger partial charge in [0.15, 0.2) is 0 Å². The Kier molecular flexibility index (Phi) is 4.84. The fourth-order valence-corrected chi connectivity index (χ4v) is 2.65. The van der Waals surface area contributed by atoms with Gasteiger partial charge in [-0.1, -0.05) is 19.8 Å². The highest BCUT2D eigenvalue weighted by molar-refractivity contribution is 7.86. The van der Waals surface area contributed by atoms with Gasteiger partial charge in [0.2, 0.25) is 0 Å². The van der Waals surface area contributed by atoms with Gasteiger partial charge < -0.3 is 0 Å². The molecule has 14 heavy (non-hydrogen) atoms. The summed E-state index contributed by atoms with van der Waals surface area (Å²) in [6, 6.07) is 0. The number of hydrogen-bond acceptors (Lipinski definition) is 4. The molecule has 4 nitrogen and oxygen atoms in total. The van der Waals surface area contributed by atoms with E-state index in [-0.39, 0.29) is 5.75 Å². The van der Waals surface area contributed by atoms with Crippen molar-refractivity contribution in [3.63, 3.8) is 0 Å². The van der Waals surface area contributed by atoms with Crippen molar-refractivity contribution in [3.05, 3.63) is 0 Å². The van der Waals surface area contributed by atoms with E-state index in [1.807, 2.05) is 6.92 Å². The van der Waals surface area contributed by atoms with Crippen LogP contribution in [0.1, 0.15) is 39.0 Å². The van der Waals surface area contributed by atoms with Crippen molar-refractivity contribution in [1.82, 2.24) is 5.06 Å². The lowest BCUT2D eigenvalue weighted by Crippen LogP contribution is -2.33. The Bertz CT molecular complexity index is 245. The van der Waals surface area contributed by atoms with E-state index in [0.717, 1.165) is 32.4 Å². The first-order chi connectivity index (χ1) is 6.64. The summed E-state index contributed by atoms with van der Waals surface area (Å²) in [6.45, 7) is 3.45. The summed E-state index contributed by atoms with van der Waals surface area (Å²) < 4.78 is 27.8. The van der Waals surface area contributed by atoms with Gasteiger partial charge >= 0.3 is 0 Å². The first-order valence-electron chi connectivity index (χ1n) is 5.31. The predicted octanol–water partition coefficient (Wildman–Crippen LogP) is 1.53. The van der Waals surface area contributed by atoms with E-state index >= 15 is 0 Å². The standard InChI is InChI=1S/C9H19NO3S/c1-2-3-9-14(11,12)13-10-7-5-4-6-8-10/h2-9H2,1H3. The number of hydrogen-bond donors (Lipinski definition) is 0. The van der Waals surface area contributed by atoms with Crippen LogP contribution in [0.15, 0.2) is 0 Å². The lowest BCUT2D eigenvalue weighted by atomic mass is 10.2. The fourth-order valence-electron chi connectivity index (χ4n) is 1.46. The molecule has 0 aromatic heterocycles. The average molecular weight is 221 g/mol. The topological polar surface area (TPSA) is 46.6 Å². The minimum atomic E-state index is -3.32. The molecule has 0 aromatic rings. The summed E-state index contributed by atoms with van der Waals surface area (Å²) >= 11 is 0. The van der Waals surface area contributed by atoms with Gasteiger partial charge in [0.25, 0.3) is 10.1 Å². The van der Waals surface area contributed by atoms with Gasteiger partial charge in [0.1, 0.15) is 0 Å². The Hall–Kier alpha value is -0.130. The van der Waals surface area contributed by atoms with Crippen molar-refractivity contribution >= 4 is 10.1 Å². The first-order valence-corrected chi connectivity index (χ1v) is 6.89. The Morgan fingerprint density at radius 3 is 2.43 bits per heavy atom. The largest absolute Gasteiger partial charge is 0.283 e. The van der Waals surface area contributed by atoms with E-state index in [4.69, 9.17) is 4.28 Å². The van der Waals surface area contributed by atoms with E-state index in [0.29, 0.717) is 6.42 Å². The minimum absolute atomic E-state index is 0.139. The van der Waals surface area contributed by atoms with Crippen LogP contribution in [0, 0.1) is 0 Å². The average Bonchev–Trinajstić information content (AvgIpc) is 2.16. The molecule has 0 aliphatic carbocycles. The van der Waals surface area contributed by atoms with Crippen LogP contribution in [0.2, 0.25) is 0 Å². The van der Waals surface area contributed by atoms with Gasteiger partial charge in [0, 0.05) is 13.1 Å². The maximum absolute atomic E-state index is 11.4. The second kappa shape index (κ2) is 5.68. The minimum Gasteiger partial charge on any atom is -0.198 e. The van der Waals surface area contributed by atoms with E-state index in [9.17, 15) is 8.42 Å². The molecule has 0 atom stereocenters. The maximum atomic E-state index is 11.4. The Balaban J connectivity index is 2.33. The zero-order valence-corrected chi connectivity index (χ0v) is 9.55. The highest BCUT2D eigenvalue weighted by Crippen LogP contribution is 2.11. The summed E-state index contributed by atoms with van der Waals surface area (Å²) in [6.07, 6.45) is 4.79. The van der Waals surface area contributed by atoms with Crippen molar-refractivity contribution in [1.29, 1.82) is 0 Å². The van der Waals surface area contributed by atoms with Crippen LogP contribution in [0.25, 0.3) is 0 Å². The molecule has 1 saturated heterocycles. The molecule has 0 bridgehead atoms. The van der Waals surface area contributed by atoms with Gasteiger partial charge in [-0.25, -0.2) is 0 Å². The Labute approximate surface area is 86.3 Å². The summed E-state index contributed by atoms with van der Waals surface area (Å²) in [5.74, 6) is 0.139. The fraction of sp³-hybridized carbons (Fsp3) is 1.00. The molecular weight excluding hydrogens is 202 g/mol. The molecule has 0 spiro atoms. The zero-order chi connectivity index (χ0) is 10.4. The predicted molar refractivity (Wildman–Crippen MR) is 55.2 cm³/mol. The number of piperidine rings is 1. The molecule has 1 rings (SSSR count). The van der Waals surface area contributed by atoms with Gasteiger partial charge in [-0.2, -0.15) is 17.8 Å². The molecule has 84 valence electrons. The third-order valence-electron chi connectivity index (χ3n) is 2.28. The quantitative estimate of drug-likeness (QED) is 0.706. The van der Waals surface area contributed by atoms with Crippen molar-refractivity contribution in [3.8, 4) is 0 Å². The molecule has 5 heteroatoms. The third-order valence-corrected chi connectivity index (χ3v) is 3.51. The Morgan fingerprint density at radius 2 is 1.86 bits per heavy atom. The van der Waals surface area contributed by atoms with E-state index in [1.165, 1.54) is 6.42 Å². The molecule has 1 fully saturated rings. The van der Waals surface area contributed by atoms with Crippen LogP contribution in [-0.2, 0) is 14.4 Å². The van der Waals surface area contributed by atoms with E-state index in [2.05, 4.69) is 0 Å². The maximum Gasteiger partial charge on any atom is 0.283 e. The van der Waals surface area contributed by atoms with Crippen LogP contribution in [-0.4, -0.2) is 32.3 Å².